The lowest BCUT2D eigenvalue weighted by Gasteiger charge is -2.35. The number of thioether (sulfide) groups is 1. The van der Waals surface area contributed by atoms with Crippen LogP contribution < -0.4 is 5.73 Å². The van der Waals surface area contributed by atoms with Crippen molar-refractivity contribution in [2.45, 2.75) is 11.7 Å². The van der Waals surface area contributed by atoms with Crippen molar-refractivity contribution in [3.05, 3.63) is 59.8 Å². The molecule has 1 aromatic heterocycles. The summed E-state index contributed by atoms with van der Waals surface area (Å²) in [6.07, 6.45) is 1.39. The van der Waals surface area contributed by atoms with E-state index < -0.39 is 0 Å². The molecular formula is C22H22N6OS. The fraction of sp³-hybridized carbons (Fsp3) is 0.273. The van der Waals surface area contributed by atoms with Gasteiger partial charge in [0.2, 0.25) is 5.91 Å². The number of nitriles is 1. The van der Waals surface area contributed by atoms with Crippen molar-refractivity contribution in [2.24, 2.45) is 0 Å². The lowest BCUT2D eigenvalue weighted by atomic mass is 10.0. The van der Waals surface area contributed by atoms with Crippen LogP contribution in [0.4, 0.5) is 5.82 Å². The number of amides is 1. The number of hydrogen-bond acceptors (Lipinski definition) is 7. The van der Waals surface area contributed by atoms with E-state index in [0.717, 1.165) is 19.6 Å². The van der Waals surface area contributed by atoms with Crippen LogP contribution in [-0.2, 0) is 11.3 Å². The van der Waals surface area contributed by atoms with Crippen LogP contribution in [0.15, 0.2) is 53.8 Å². The van der Waals surface area contributed by atoms with Gasteiger partial charge in [-0.25, -0.2) is 9.97 Å². The lowest BCUT2D eigenvalue weighted by Crippen LogP contribution is -2.48. The third-order valence-corrected chi connectivity index (χ3v) is 6.09. The zero-order chi connectivity index (χ0) is 20.9. The van der Waals surface area contributed by atoms with E-state index >= 15 is 0 Å². The summed E-state index contributed by atoms with van der Waals surface area (Å²) in [5.41, 5.74) is 7.27. The van der Waals surface area contributed by atoms with E-state index in [-0.39, 0.29) is 23.0 Å². The van der Waals surface area contributed by atoms with Gasteiger partial charge in [-0.15, -0.1) is 0 Å². The highest BCUT2D eigenvalue weighted by atomic mass is 32.2. The van der Waals surface area contributed by atoms with Crippen LogP contribution in [0.1, 0.15) is 11.1 Å². The first-order valence-corrected chi connectivity index (χ1v) is 10.7. The Kier molecular flexibility index (Phi) is 6.12. The van der Waals surface area contributed by atoms with E-state index in [1.54, 1.807) is 0 Å². The van der Waals surface area contributed by atoms with Gasteiger partial charge in [-0.2, -0.15) is 5.26 Å². The second-order valence-corrected chi connectivity index (χ2v) is 8.09. The minimum atomic E-state index is 0.0661. The Labute approximate surface area is 179 Å². The van der Waals surface area contributed by atoms with Crippen LogP contribution in [0.5, 0.6) is 0 Å². The molecule has 1 saturated heterocycles. The maximum Gasteiger partial charge on any atom is 0.233 e. The van der Waals surface area contributed by atoms with Gasteiger partial charge in [0, 0.05) is 32.7 Å². The van der Waals surface area contributed by atoms with Gasteiger partial charge in [-0.3, -0.25) is 9.69 Å². The van der Waals surface area contributed by atoms with Gasteiger partial charge >= 0.3 is 0 Å². The molecule has 2 N–H and O–H groups in total. The molecule has 1 amide bonds. The minimum absolute atomic E-state index is 0.0661. The molecule has 152 valence electrons. The van der Waals surface area contributed by atoms with E-state index in [1.807, 2.05) is 11.0 Å². The predicted octanol–water partition coefficient (Wildman–Crippen LogP) is 2.52. The fourth-order valence-electron chi connectivity index (χ4n) is 3.58. The molecule has 4 rings (SSSR count). The summed E-state index contributed by atoms with van der Waals surface area (Å²) in [4.78, 5) is 25.0. The summed E-state index contributed by atoms with van der Waals surface area (Å²) in [6.45, 7) is 4.00. The van der Waals surface area contributed by atoms with Crippen LogP contribution in [-0.4, -0.2) is 57.6 Å². The molecule has 0 spiro atoms. The maximum atomic E-state index is 12.6. The minimum Gasteiger partial charge on any atom is -0.382 e. The van der Waals surface area contributed by atoms with Crippen molar-refractivity contribution in [3.63, 3.8) is 0 Å². The number of fused-ring (bicyclic) bond motifs is 1. The van der Waals surface area contributed by atoms with Gasteiger partial charge in [-0.05, 0) is 16.3 Å². The molecule has 0 unspecified atom stereocenters. The van der Waals surface area contributed by atoms with Gasteiger partial charge in [0.15, 0.2) is 5.16 Å². The first kappa shape index (κ1) is 20.1. The van der Waals surface area contributed by atoms with Crippen LogP contribution in [0, 0.1) is 11.3 Å². The Morgan fingerprint density at radius 1 is 1.13 bits per heavy atom. The van der Waals surface area contributed by atoms with E-state index in [2.05, 4.69) is 57.3 Å². The standard InChI is InChI=1S/C22H22N6OS/c23-12-18-13-25-22(26-21(18)24)30-15-20(29)28-10-8-27(9-11-28)14-17-6-3-5-16-4-1-2-7-19(16)17/h1-7,13H,8-11,14-15H2,(H2,24,25,26). The number of rotatable bonds is 5. The van der Waals surface area contributed by atoms with Gasteiger partial charge in [-0.1, -0.05) is 54.2 Å². The molecule has 7 nitrogen and oxygen atoms in total. The summed E-state index contributed by atoms with van der Waals surface area (Å²) in [7, 11) is 0. The van der Waals surface area contributed by atoms with Gasteiger partial charge in [0.25, 0.3) is 0 Å². The summed E-state index contributed by atoms with van der Waals surface area (Å²) < 4.78 is 0. The average Bonchev–Trinajstić information content (AvgIpc) is 2.78. The molecule has 0 atom stereocenters. The summed E-state index contributed by atoms with van der Waals surface area (Å²) in [6, 6.07) is 16.8. The molecule has 2 aromatic carbocycles. The Morgan fingerprint density at radius 2 is 1.90 bits per heavy atom. The van der Waals surface area contributed by atoms with Gasteiger partial charge in [0.1, 0.15) is 17.5 Å². The fourth-order valence-corrected chi connectivity index (χ4v) is 4.30. The number of carbonyl (C=O) groups is 1. The summed E-state index contributed by atoms with van der Waals surface area (Å²) in [5, 5.41) is 11.8. The molecule has 0 radical (unpaired) electrons. The van der Waals surface area contributed by atoms with E-state index in [1.165, 1.54) is 34.3 Å². The first-order valence-electron chi connectivity index (χ1n) is 9.76. The van der Waals surface area contributed by atoms with E-state index in [9.17, 15) is 4.79 Å². The number of nitrogen functional groups attached to an aromatic ring is 1. The average molecular weight is 419 g/mol. The van der Waals surface area contributed by atoms with Crippen molar-refractivity contribution in [1.82, 2.24) is 19.8 Å². The normalized spacial score (nSPS) is 14.6. The number of hydrogen-bond donors (Lipinski definition) is 1. The highest BCUT2D eigenvalue weighted by molar-refractivity contribution is 7.99. The predicted molar refractivity (Wildman–Crippen MR) is 118 cm³/mol. The molecule has 2 heterocycles. The zero-order valence-electron chi connectivity index (χ0n) is 16.5. The van der Waals surface area contributed by atoms with E-state index in [0.29, 0.717) is 18.2 Å². The van der Waals surface area contributed by atoms with Crippen LogP contribution >= 0.6 is 11.8 Å². The number of nitrogens with zero attached hydrogens (tertiary/aromatic N) is 5. The zero-order valence-corrected chi connectivity index (χ0v) is 17.3. The number of piperazine rings is 1. The van der Waals surface area contributed by atoms with Crippen LogP contribution in [0.3, 0.4) is 0 Å². The Morgan fingerprint density at radius 3 is 2.67 bits per heavy atom. The number of benzene rings is 2. The van der Waals surface area contributed by atoms with Crippen molar-refractivity contribution in [1.29, 1.82) is 5.26 Å². The SMILES string of the molecule is N#Cc1cnc(SCC(=O)N2CCN(Cc3cccc4ccccc34)CC2)nc1N. The molecule has 0 bridgehead atoms. The lowest BCUT2D eigenvalue weighted by molar-refractivity contribution is -0.130. The number of carbonyl (C=O) groups excluding carboxylic acids is 1. The van der Waals surface area contributed by atoms with Crippen LogP contribution in [0.2, 0.25) is 0 Å². The Bertz CT molecular complexity index is 1100. The molecule has 0 saturated carbocycles. The maximum absolute atomic E-state index is 12.6. The molecule has 30 heavy (non-hydrogen) atoms. The van der Waals surface area contributed by atoms with Gasteiger partial charge in [0.05, 0.1) is 11.9 Å². The molecular weight excluding hydrogens is 396 g/mol. The smallest absolute Gasteiger partial charge is 0.233 e. The largest absolute Gasteiger partial charge is 0.382 e. The monoisotopic (exact) mass is 418 g/mol. The molecule has 8 heteroatoms. The van der Waals surface area contributed by atoms with Crippen molar-refractivity contribution in [2.75, 3.05) is 37.7 Å². The molecule has 0 aliphatic carbocycles. The molecule has 1 aliphatic heterocycles. The number of aromatic nitrogens is 2. The van der Waals surface area contributed by atoms with Crippen LogP contribution in [0.25, 0.3) is 10.8 Å². The first-order chi connectivity index (χ1) is 14.6. The second-order valence-electron chi connectivity index (χ2n) is 7.15. The number of nitrogens with two attached hydrogens (primary N) is 1. The molecule has 1 fully saturated rings. The van der Waals surface area contributed by atoms with Crippen molar-refractivity contribution < 1.29 is 4.79 Å². The van der Waals surface area contributed by atoms with Gasteiger partial charge < -0.3 is 10.6 Å². The Balaban J connectivity index is 1.29. The Hall–Kier alpha value is -3.15. The van der Waals surface area contributed by atoms with Crippen molar-refractivity contribution in [3.8, 4) is 6.07 Å². The highest BCUT2D eigenvalue weighted by Gasteiger charge is 2.22. The van der Waals surface area contributed by atoms with Crippen molar-refractivity contribution >= 4 is 34.3 Å². The topological polar surface area (TPSA) is 99.1 Å². The quantitative estimate of drug-likeness (QED) is 0.502. The third kappa shape index (κ3) is 4.53. The molecule has 3 aromatic rings. The highest BCUT2D eigenvalue weighted by Crippen LogP contribution is 2.21. The number of anilines is 1. The molecule has 1 aliphatic rings. The summed E-state index contributed by atoms with van der Waals surface area (Å²) in [5.74, 6) is 0.468. The summed E-state index contributed by atoms with van der Waals surface area (Å²) >= 11 is 1.24. The second kappa shape index (κ2) is 9.11. The van der Waals surface area contributed by atoms with E-state index in [4.69, 9.17) is 11.0 Å². The third-order valence-electron chi connectivity index (χ3n) is 5.24.